The summed E-state index contributed by atoms with van der Waals surface area (Å²) in [4.78, 5) is 16.6. The van der Waals surface area contributed by atoms with E-state index in [0.717, 1.165) is 56.3 Å². The third-order valence-corrected chi connectivity index (χ3v) is 7.00. The molecule has 0 bridgehead atoms. The van der Waals surface area contributed by atoms with Crippen LogP contribution in [-0.4, -0.2) is 56.1 Å². The SMILES string of the molecule is O=C(c1ccc(C[C@@H]2CC[C@H]([C@H](O)c3ccccc3)N2)cc1)N1CCC(n2nccn2)CC1. The number of amides is 1. The molecule has 0 spiro atoms. The Morgan fingerprint density at radius 2 is 1.67 bits per heavy atom. The Morgan fingerprint density at radius 1 is 0.970 bits per heavy atom. The zero-order valence-corrected chi connectivity index (χ0v) is 18.8. The van der Waals surface area contributed by atoms with Crippen molar-refractivity contribution in [3.05, 3.63) is 83.7 Å². The average molecular weight is 446 g/mol. The van der Waals surface area contributed by atoms with Gasteiger partial charge < -0.3 is 15.3 Å². The van der Waals surface area contributed by atoms with Gasteiger partial charge in [0, 0.05) is 30.7 Å². The highest BCUT2D eigenvalue weighted by Gasteiger charge is 2.30. The van der Waals surface area contributed by atoms with Crippen molar-refractivity contribution in [3.63, 3.8) is 0 Å². The molecule has 0 aliphatic carbocycles. The maximum Gasteiger partial charge on any atom is 0.253 e. The molecule has 2 aromatic carbocycles. The first-order valence-electron chi connectivity index (χ1n) is 11.9. The number of likely N-dealkylation sites (tertiary alicyclic amines) is 1. The molecule has 2 fully saturated rings. The second-order valence-electron chi connectivity index (χ2n) is 9.18. The zero-order valence-electron chi connectivity index (χ0n) is 18.8. The summed E-state index contributed by atoms with van der Waals surface area (Å²) >= 11 is 0. The Labute approximate surface area is 194 Å². The van der Waals surface area contributed by atoms with Crippen molar-refractivity contribution in [2.45, 2.75) is 56.3 Å². The first-order valence-corrected chi connectivity index (χ1v) is 11.9. The van der Waals surface area contributed by atoms with Gasteiger partial charge in [-0.1, -0.05) is 42.5 Å². The molecule has 1 aromatic heterocycles. The van der Waals surface area contributed by atoms with E-state index in [4.69, 9.17) is 0 Å². The van der Waals surface area contributed by atoms with E-state index in [2.05, 4.69) is 27.6 Å². The van der Waals surface area contributed by atoms with Crippen LogP contribution >= 0.6 is 0 Å². The molecule has 33 heavy (non-hydrogen) atoms. The van der Waals surface area contributed by atoms with Crippen LogP contribution in [0.1, 0.15) is 59.3 Å². The average Bonchev–Trinajstić information content (AvgIpc) is 3.57. The van der Waals surface area contributed by atoms with Gasteiger partial charge in [0.15, 0.2) is 0 Å². The van der Waals surface area contributed by atoms with E-state index < -0.39 is 6.10 Å². The lowest BCUT2D eigenvalue weighted by molar-refractivity contribution is 0.0683. The van der Waals surface area contributed by atoms with Gasteiger partial charge in [-0.15, -0.1) is 0 Å². The van der Waals surface area contributed by atoms with Crippen LogP contribution in [0.2, 0.25) is 0 Å². The van der Waals surface area contributed by atoms with Gasteiger partial charge in [0.2, 0.25) is 0 Å². The maximum atomic E-state index is 12.9. The second kappa shape index (κ2) is 9.85. The van der Waals surface area contributed by atoms with E-state index >= 15 is 0 Å². The third kappa shape index (κ3) is 4.99. The second-order valence-corrected chi connectivity index (χ2v) is 9.18. The van der Waals surface area contributed by atoms with Gasteiger partial charge >= 0.3 is 0 Å². The molecular weight excluding hydrogens is 414 g/mol. The van der Waals surface area contributed by atoms with Gasteiger partial charge in [0.1, 0.15) is 0 Å². The van der Waals surface area contributed by atoms with Crippen LogP contribution < -0.4 is 5.32 Å². The molecule has 5 rings (SSSR count). The molecule has 0 unspecified atom stereocenters. The highest BCUT2D eigenvalue weighted by molar-refractivity contribution is 5.94. The number of carbonyl (C=O) groups excluding carboxylic acids is 1. The smallest absolute Gasteiger partial charge is 0.253 e. The van der Waals surface area contributed by atoms with Crippen molar-refractivity contribution in [3.8, 4) is 0 Å². The molecule has 0 saturated carbocycles. The van der Waals surface area contributed by atoms with Crippen LogP contribution in [0.3, 0.4) is 0 Å². The fraction of sp³-hybridized carbons (Fsp3) is 0.423. The summed E-state index contributed by atoms with van der Waals surface area (Å²) in [6.45, 7) is 1.45. The molecule has 2 saturated heterocycles. The summed E-state index contributed by atoms with van der Waals surface area (Å²) in [5.74, 6) is 0.0958. The lowest BCUT2D eigenvalue weighted by Crippen LogP contribution is -2.39. The number of benzene rings is 2. The van der Waals surface area contributed by atoms with Crippen molar-refractivity contribution in [1.29, 1.82) is 0 Å². The third-order valence-electron chi connectivity index (χ3n) is 7.00. The largest absolute Gasteiger partial charge is 0.387 e. The zero-order chi connectivity index (χ0) is 22.6. The van der Waals surface area contributed by atoms with Crippen molar-refractivity contribution < 1.29 is 9.90 Å². The van der Waals surface area contributed by atoms with E-state index in [1.54, 1.807) is 17.2 Å². The topological polar surface area (TPSA) is 83.3 Å². The van der Waals surface area contributed by atoms with Gasteiger partial charge in [-0.2, -0.15) is 15.0 Å². The number of aliphatic hydroxyl groups is 1. The number of piperidine rings is 1. The molecule has 3 aromatic rings. The highest BCUT2D eigenvalue weighted by Crippen LogP contribution is 2.27. The first-order chi connectivity index (χ1) is 16.2. The fourth-order valence-electron chi connectivity index (χ4n) is 5.11. The molecule has 3 atom stereocenters. The van der Waals surface area contributed by atoms with Crippen molar-refractivity contribution in [2.75, 3.05) is 13.1 Å². The predicted molar refractivity (Wildman–Crippen MR) is 126 cm³/mol. The number of aliphatic hydroxyl groups excluding tert-OH is 1. The number of carbonyl (C=O) groups is 1. The number of rotatable bonds is 6. The Balaban J connectivity index is 1.12. The lowest BCUT2D eigenvalue weighted by Gasteiger charge is -2.31. The molecule has 3 heterocycles. The molecule has 0 radical (unpaired) electrons. The van der Waals surface area contributed by atoms with Gasteiger partial charge in [-0.05, 0) is 55.4 Å². The van der Waals surface area contributed by atoms with Gasteiger partial charge in [-0.3, -0.25) is 4.79 Å². The number of nitrogens with zero attached hydrogens (tertiary/aromatic N) is 4. The predicted octanol–water partition coefficient (Wildman–Crippen LogP) is 3.15. The summed E-state index contributed by atoms with van der Waals surface area (Å²) in [6.07, 6.45) is 7.57. The highest BCUT2D eigenvalue weighted by atomic mass is 16.3. The normalized spacial score (nSPS) is 22.4. The van der Waals surface area contributed by atoms with Crippen LogP contribution in [0.5, 0.6) is 0 Å². The van der Waals surface area contributed by atoms with Gasteiger partial charge in [0.05, 0.1) is 24.5 Å². The summed E-state index contributed by atoms with van der Waals surface area (Å²) < 4.78 is 0. The van der Waals surface area contributed by atoms with E-state index in [9.17, 15) is 9.90 Å². The Morgan fingerprint density at radius 3 is 2.36 bits per heavy atom. The Hall–Kier alpha value is -3.03. The molecule has 2 aliphatic rings. The number of hydrogen-bond acceptors (Lipinski definition) is 5. The van der Waals surface area contributed by atoms with Crippen LogP contribution in [0.15, 0.2) is 67.0 Å². The van der Waals surface area contributed by atoms with Crippen molar-refractivity contribution in [1.82, 2.24) is 25.2 Å². The van der Waals surface area contributed by atoms with E-state index in [1.165, 1.54) is 5.56 Å². The van der Waals surface area contributed by atoms with E-state index in [0.29, 0.717) is 6.04 Å². The number of hydrogen-bond donors (Lipinski definition) is 2. The molecule has 2 aliphatic heterocycles. The van der Waals surface area contributed by atoms with Crippen molar-refractivity contribution >= 4 is 5.91 Å². The number of nitrogens with one attached hydrogen (secondary N) is 1. The summed E-state index contributed by atoms with van der Waals surface area (Å²) in [5, 5.41) is 22.8. The monoisotopic (exact) mass is 445 g/mol. The summed E-state index contributed by atoms with van der Waals surface area (Å²) in [6, 6.07) is 18.6. The minimum atomic E-state index is -0.482. The summed E-state index contributed by atoms with van der Waals surface area (Å²) in [7, 11) is 0. The molecule has 7 nitrogen and oxygen atoms in total. The molecule has 1 amide bonds. The van der Waals surface area contributed by atoms with Crippen LogP contribution in [-0.2, 0) is 6.42 Å². The maximum absolute atomic E-state index is 12.9. The first kappa shape index (κ1) is 21.8. The summed E-state index contributed by atoms with van der Waals surface area (Å²) in [5.41, 5.74) is 2.91. The minimum Gasteiger partial charge on any atom is -0.387 e. The quantitative estimate of drug-likeness (QED) is 0.609. The molecule has 2 N–H and O–H groups in total. The van der Waals surface area contributed by atoms with Crippen molar-refractivity contribution in [2.24, 2.45) is 0 Å². The Bertz CT molecular complexity index is 1030. The van der Waals surface area contributed by atoms with E-state index in [-0.39, 0.29) is 18.0 Å². The van der Waals surface area contributed by atoms with Crippen LogP contribution in [0.4, 0.5) is 0 Å². The van der Waals surface area contributed by atoms with Crippen LogP contribution in [0, 0.1) is 0 Å². The van der Waals surface area contributed by atoms with Crippen LogP contribution in [0.25, 0.3) is 0 Å². The molecular formula is C26H31N5O2. The minimum absolute atomic E-state index is 0.0816. The van der Waals surface area contributed by atoms with E-state index in [1.807, 2.05) is 47.4 Å². The molecule has 172 valence electrons. The molecule has 7 heteroatoms. The lowest BCUT2D eigenvalue weighted by atomic mass is 10.0. The Kier molecular flexibility index (Phi) is 6.51. The fourth-order valence-corrected chi connectivity index (χ4v) is 5.11. The standard InChI is InChI=1S/C26H31N5O2/c32-25(20-4-2-1-3-5-20)24-11-10-22(29-24)18-19-6-8-21(9-7-19)26(33)30-16-12-23(13-17-30)31-27-14-15-28-31/h1-9,14-15,22-25,29,32H,10-13,16-18H2/t22-,24+,25+/m0/s1. The number of aromatic nitrogens is 3. The van der Waals surface area contributed by atoms with Gasteiger partial charge in [0.25, 0.3) is 5.91 Å². The van der Waals surface area contributed by atoms with Gasteiger partial charge in [-0.25, -0.2) is 0 Å².